The van der Waals surface area contributed by atoms with Crippen molar-refractivity contribution < 1.29 is 8.83 Å². The Morgan fingerprint density at radius 3 is 2.77 bits per heavy atom. The Bertz CT molecular complexity index is 403. The molecule has 68 valence electrons. The SMILES string of the molecule is CNc1nc(-c2ccc(C)o2)co1. The molecule has 0 fully saturated rings. The maximum Gasteiger partial charge on any atom is 0.294 e. The first kappa shape index (κ1) is 7.91. The molecule has 0 unspecified atom stereocenters. The molecule has 0 amide bonds. The second-order valence-corrected chi connectivity index (χ2v) is 2.70. The van der Waals surface area contributed by atoms with Crippen LogP contribution >= 0.6 is 0 Å². The van der Waals surface area contributed by atoms with Gasteiger partial charge in [-0.1, -0.05) is 0 Å². The van der Waals surface area contributed by atoms with Crippen LogP contribution in [0.3, 0.4) is 0 Å². The van der Waals surface area contributed by atoms with Crippen LogP contribution in [0.1, 0.15) is 5.76 Å². The molecule has 1 N–H and O–H groups in total. The fraction of sp³-hybridized carbons (Fsp3) is 0.222. The molecule has 0 aliphatic rings. The van der Waals surface area contributed by atoms with Gasteiger partial charge in [-0.15, -0.1) is 0 Å². The Morgan fingerprint density at radius 1 is 1.38 bits per heavy atom. The van der Waals surface area contributed by atoms with Crippen molar-refractivity contribution in [2.45, 2.75) is 6.92 Å². The second kappa shape index (κ2) is 2.97. The summed E-state index contributed by atoms with van der Waals surface area (Å²) >= 11 is 0. The van der Waals surface area contributed by atoms with Crippen molar-refractivity contribution in [2.75, 3.05) is 12.4 Å². The van der Waals surface area contributed by atoms with Gasteiger partial charge >= 0.3 is 0 Å². The summed E-state index contributed by atoms with van der Waals surface area (Å²) in [4.78, 5) is 4.14. The lowest BCUT2D eigenvalue weighted by atomic mass is 10.3. The number of anilines is 1. The number of hydrogen-bond acceptors (Lipinski definition) is 4. The number of aromatic nitrogens is 1. The molecular formula is C9H10N2O2. The van der Waals surface area contributed by atoms with Crippen LogP contribution < -0.4 is 5.32 Å². The minimum Gasteiger partial charge on any atom is -0.460 e. The topological polar surface area (TPSA) is 51.2 Å². The standard InChI is InChI=1S/C9H10N2O2/c1-6-3-4-8(13-6)7-5-12-9(10-2)11-7/h3-5H,1-2H3,(H,10,11). The molecule has 0 atom stereocenters. The predicted molar refractivity (Wildman–Crippen MR) is 48.5 cm³/mol. The number of nitrogens with one attached hydrogen (secondary N) is 1. The molecular weight excluding hydrogens is 168 g/mol. The molecule has 2 heterocycles. The van der Waals surface area contributed by atoms with Crippen LogP contribution in [0.4, 0.5) is 6.01 Å². The number of oxazole rings is 1. The van der Waals surface area contributed by atoms with E-state index in [-0.39, 0.29) is 0 Å². The van der Waals surface area contributed by atoms with Crippen LogP contribution in [-0.2, 0) is 0 Å². The lowest BCUT2D eigenvalue weighted by molar-refractivity contribution is 0.544. The molecule has 4 nitrogen and oxygen atoms in total. The van der Waals surface area contributed by atoms with Crippen LogP contribution in [0.5, 0.6) is 0 Å². The van der Waals surface area contributed by atoms with Gasteiger partial charge in [0.2, 0.25) is 0 Å². The fourth-order valence-electron chi connectivity index (χ4n) is 1.07. The number of furan rings is 1. The van der Waals surface area contributed by atoms with Gasteiger partial charge in [0.25, 0.3) is 6.01 Å². The largest absolute Gasteiger partial charge is 0.460 e. The zero-order chi connectivity index (χ0) is 9.26. The highest BCUT2D eigenvalue weighted by atomic mass is 16.4. The van der Waals surface area contributed by atoms with Crippen molar-refractivity contribution >= 4 is 6.01 Å². The summed E-state index contributed by atoms with van der Waals surface area (Å²) in [6.45, 7) is 1.89. The molecule has 2 rings (SSSR count). The van der Waals surface area contributed by atoms with Crippen molar-refractivity contribution in [3.05, 3.63) is 24.2 Å². The summed E-state index contributed by atoms with van der Waals surface area (Å²) in [5.41, 5.74) is 0.706. The summed E-state index contributed by atoms with van der Waals surface area (Å²) in [5, 5.41) is 2.80. The Kier molecular flexibility index (Phi) is 1.81. The van der Waals surface area contributed by atoms with E-state index >= 15 is 0 Å². The lowest BCUT2D eigenvalue weighted by Gasteiger charge is -1.87. The van der Waals surface area contributed by atoms with E-state index in [1.165, 1.54) is 0 Å². The molecule has 2 aromatic rings. The zero-order valence-corrected chi connectivity index (χ0v) is 7.50. The van der Waals surface area contributed by atoms with Gasteiger partial charge in [-0.05, 0) is 19.1 Å². The van der Waals surface area contributed by atoms with Crippen molar-refractivity contribution in [1.82, 2.24) is 4.98 Å². The first-order chi connectivity index (χ1) is 6.29. The molecule has 0 saturated carbocycles. The molecule has 13 heavy (non-hydrogen) atoms. The van der Waals surface area contributed by atoms with Gasteiger partial charge in [-0.25, -0.2) is 0 Å². The van der Waals surface area contributed by atoms with Gasteiger partial charge in [-0.2, -0.15) is 4.98 Å². The zero-order valence-electron chi connectivity index (χ0n) is 7.50. The van der Waals surface area contributed by atoms with Crippen molar-refractivity contribution in [1.29, 1.82) is 0 Å². The summed E-state index contributed by atoms with van der Waals surface area (Å²) in [5.74, 6) is 1.59. The van der Waals surface area contributed by atoms with E-state index in [4.69, 9.17) is 8.83 Å². The molecule has 0 spiro atoms. The average molecular weight is 178 g/mol. The number of aryl methyl sites for hydroxylation is 1. The Morgan fingerprint density at radius 2 is 2.23 bits per heavy atom. The number of rotatable bonds is 2. The summed E-state index contributed by atoms with van der Waals surface area (Å²) < 4.78 is 10.5. The Hall–Kier alpha value is -1.71. The minimum atomic E-state index is 0.490. The third-order valence-electron chi connectivity index (χ3n) is 1.71. The van der Waals surface area contributed by atoms with Gasteiger partial charge in [0.1, 0.15) is 17.7 Å². The van der Waals surface area contributed by atoms with E-state index in [1.807, 2.05) is 19.1 Å². The van der Waals surface area contributed by atoms with Crippen LogP contribution in [-0.4, -0.2) is 12.0 Å². The summed E-state index contributed by atoms with van der Waals surface area (Å²) in [6, 6.07) is 4.25. The van der Waals surface area contributed by atoms with Crippen molar-refractivity contribution in [2.24, 2.45) is 0 Å². The molecule has 0 radical (unpaired) electrons. The van der Waals surface area contributed by atoms with Crippen molar-refractivity contribution in [3.63, 3.8) is 0 Å². The minimum absolute atomic E-state index is 0.490. The van der Waals surface area contributed by atoms with E-state index in [9.17, 15) is 0 Å². The van der Waals surface area contributed by atoms with Crippen LogP contribution in [0.25, 0.3) is 11.5 Å². The van der Waals surface area contributed by atoms with Gasteiger partial charge < -0.3 is 14.2 Å². The molecule has 0 aliphatic heterocycles. The molecule has 0 bridgehead atoms. The van der Waals surface area contributed by atoms with Gasteiger partial charge in [0.05, 0.1) is 0 Å². The first-order valence-electron chi connectivity index (χ1n) is 3.99. The highest BCUT2D eigenvalue weighted by Crippen LogP contribution is 2.22. The quantitative estimate of drug-likeness (QED) is 0.766. The number of nitrogens with zero attached hydrogens (tertiary/aromatic N) is 1. The van der Waals surface area contributed by atoms with E-state index in [0.29, 0.717) is 11.7 Å². The second-order valence-electron chi connectivity index (χ2n) is 2.70. The molecule has 4 heteroatoms. The molecule has 0 aliphatic carbocycles. The van der Waals surface area contributed by atoms with E-state index < -0.39 is 0 Å². The Balaban J connectivity index is 2.35. The van der Waals surface area contributed by atoms with Gasteiger partial charge in [0.15, 0.2) is 5.76 Å². The average Bonchev–Trinajstić information content (AvgIpc) is 2.71. The highest BCUT2D eigenvalue weighted by molar-refractivity contribution is 5.52. The maximum atomic E-state index is 5.38. The van der Waals surface area contributed by atoms with Crippen LogP contribution in [0.15, 0.2) is 27.2 Å². The first-order valence-corrected chi connectivity index (χ1v) is 3.99. The summed E-state index contributed by atoms with van der Waals surface area (Å²) in [6.07, 6.45) is 1.56. The lowest BCUT2D eigenvalue weighted by Crippen LogP contribution is -1.86. The third kappa shape index (κ3) is 1.42. The van der Waals surface area contributed by atoms with Crippen LogP contribution in [0, 0.1) is 6.92 Å². The van der Waals surface area contributed by atoms with E-state index in [0.717, 1.165) is 11.5 Å². The van der Waals surface area contributed by atoms with Gasteiger partial charge in [-0.3, -0.25) is 0 Å². The van der Waals surface area contributed by atoms with Crippen molar-refractivity contribution in [3.8, 4) is 11.5 Å². The smallest absolute Gasteiger partial charge is 0.294 e. The normalized spacial score (nSPS) is 10.3. The van der Waals surface area contributed by atoms with E-state index in [1.54, 1.807) is 13.3 Å². The highest BCUT2D eigenvalue weighted by Gasteiger charge is 2.07. The van der Waals surface area contributed by atoms with Gasteiger partial charge in [0, 0.05) is 7.05 Å². The molecule has 0 saturated heterocycles. The molecule has 2 aromatic heterocycles. The fourth-order valence-corrected chi connectivity index (χ4v) is 1.07. The van der Waals surface area contributed by atoms with E-state index in [2.05, 4.69) is 10.3 Å². The maximum absolute atomic E-state index is 5.38. The third-order valence-corrected chi connectivity index (χ3v) is 1.71. The predicted octanol–water partition coefficient (Wildman–Crippen LogP) is 2.28. The Labute approximate surface area is 75.6 Å². The number of hydrogen-bond donors (Lipinski definition) is 1. The van der Waals surface area contributed by atoms with Crippen LogP contribution in [0.2, 0.25) is 0 Å². The monoisotopic (exact) mass is 178 g/mol. The molecule has 0 aromatic carbocycles. The summed E-state index contributed by atoms with van der Waals surface area (Å²) in [7, 11) is 1.75.